The summed E-state index contributed by atoms with van der Waals surface area (Å²) in [6, 6.07) is 4.07. The zero-order valence-electron chi connectivity index (χ0n) is 10.9. The van der Waals surface area contributed by atoms with Crippen molar-refractivity contribution < 1.29 is 8.78 Å². The van der Waals surface area contributed by atoms with Crippen LogP contribution in [0.25, 0.3) is 0 Å². The van der Waals surface area contributed by atoms with Crippen LogP contribution in [0.1, 0.15) is 11.4 Å². The van der Waals surface area contributed by atoms with Gasteiger partial charge in [0.2, 0.25) is 0 Å². The van der Waals surface area contributed by atoms with Crippen LogP contribution in [0.4, 0.5) is 8.78 Å². The lowest BCUT2D eigenvalue weighted by atomic mass is 10.0. The molecule has 0 aliphatic rings. The molecule has 1 unspecified atom stereocenters. The maximum atomic E-state index is 13.2. The van der Waals surface area contributed by atoms with Gasteiger partial charge in [-0.1, -0.05) is 6.07 Å². The van der Waals surface area contributed by atoms with Crippen molar-refractivity contribution in [2.24, 2.45) is 7.05 Å². The summed E-state index contributed by atoms with van der Waals surface area (Å²) < 4.78 is 27.7. The summed E-state index contributed by atoms with van der Waals surface area (Å²) in [4.78, 5) is 4.15. The van der Waals surface area contributed by atoms with Gasteiger partial charge in [0, 0.05) is 19.5 Å². The molecule has 0 spiro atoms. The Morgan fingerprint density at radius 1 is 1.26 bits per heavy atom. The molecule has 1 aromatic heterocycles. The average Bonchev–Trinajstić information content (AvgIpc) is 2.78. The van der Waals surface area contributed by atoms with Crippen molar-refractivity contribution in [2.75, 3.05) is 7.05 Å². The zero-order valence-corrected chi connectivity index (χ0v) is 10.9. The molecule has 0 aliphatic carbocycles. The van der Waals surface area contributed by atoms with Crippen molar-refractivity contribution in [2.45, 2.75) is 18.9 Å². The van der Waals surface area contributed by atoms with Gasteiger partial charge in [-0.2, -0.15) is 5.10 Å². The summed E-state index contributed by atoms with van der Waals surface area (Å²) in [6.07, 6.45) is 2.77. The first kappa shape index (κ1) is 13.6. The van der Waals surface area contributed by atoms with Gasteiger partial charge in [0.05, 0.1) is 0 Å². The van der Waals surface area contributed by atoms with Crippen LogP contribution in [0.2, 0.25) is 0 Å². The van der Waals surface area contributed by atoms with Crippen LogP contribution < -0.4 is 5.32 Å². The van der Waals surface area contributed by atoms with Gasteiger partial charge in [-0.15, -0.1) is 0 Å². The summed E-state index contributed by atoms with van der Waals surface area (Å²) >= 11 is 0. The third kappa shape index (κ3) is 3.35. The molecule has 0 radical (unpaired) electrons. The Morgan fingerprint density at radius 2 is 2.05 bits per heavy atom. The van der Waals surface area contributed by atoms with Crippen molar-refractivity contribution >= 4 is 0 Å². The quantitative estimate of drug-likeness (QED) is 0.891. The summed E-state index contributed by atoms with van der Waals surface area (Å²) in [5.41, 5.74) is 0.750. The molecule has 1 aromatic carbocycles. The van der Waals surface area contributed by atoms with Crippen LogP contribution in [0.3, 0.4) is 0 Å². The molecule has 0 aliphatic heterocycles. The number of hydrogen-bond donors (Lipinski definition) is 1. The number of nitrogens with zero attached hydrogens (tertiary/aromatic N) is 3. The van der Waals surface area contributed by atoms with Crippen molar-refractivity contribution in [3.05, 3.63) is 47.5 Å². The number of likely N-dealkylation sites (N-methyl/N-ethyl adjacent to an activating group) is 1. The smallest absolute Gasteiger partial charge is 0.159 e. The van der Waals surface area contributed by atoms with Crippen LogP contribution >= 0.6 is 0 Å². The van der Waals surface area contributed by atoms with E-state index in [0.717, 1.165) is 17.5 Å². The summed E-state index contributed by atoms with van der Waals surface area (Å²) in [6.45, 7) is 0. The minimum Gasteiger partial charge on any atom is -0.316 e. The van der Waals surface area contributed by atoms with Crippen LogP contribution in [0.5, 0.6) is 0 Å². The molecule has 1 N–H and O–H groups in total. The highest BCUT2D eigenvalue weighted by Crippen LogP contribution is 2.12. The number of rotatable bonds is 5. The third-order valence-corrected chi connectivity index (χ3v) is 3.11. The molecule has 0 amide bonds. The first-order chi connectivity index (χ1) is 9.10. The highest BCUT2D eigenvalue weighted by molar-refractivity contribution is 5.19. The van der Waals surface area contributed by atoms with E-state index in [1.165, 1.54) is 12.4 Å². The summed E-state index contributed by atoms with van der Waals surface area (Å²) in [7, 11) is 3.66. The Kier molecular flexibility index (Phi) is 4.21. The topological polar surface area (TPSA) is 42.7 Å². The monoisotopic (exact) mass is 266 g/mol. The first-order valence-corrected chi connectivity index (χ1v) is 6.04. The predicted octanol–water partition coefficient (Wildman–Crippen LogP) is 1.47. The normalized spacial score (nSPS) is 12.6. The van der Waals surface area contributed by atoms with E-state index in [0.29, 0.717) is 12.8 Å². The van der Waals surface area contributed by atoms with Gasteiger partial charge in [-0.05, 0) is 31.2 Å². The van der Waals surface area contributed by atoms with E-state index in [4.69, 9.17) is 0 Å². The Labute approximate surface area is 110 Å². The van der Waals surface area contributed by atoms with E-state index in [9.17, 15) is 8.78 Å². The van der Waals surface area contributed by atoms with Gasteiger partial charge in [0.1, 0.15) is 12.2 Å². The van der Waals surface area contributed by atoms with Gasteiger partial charge in [-0.25, -0.2) is 13.8 Å². The molecule has 2 aromatic rings. The highest BCUT2D eigenvalue weighted by Gasteiger charge is 2.13. The third-order valence-electron chi connectivity index (χ3n) is 3.11. The number of benzene rings is 1. The Hall–Kier alpha value is -1.82. The minimum atomic E-state index is -0.821. The summed E-state index contributed by atoms with van der Waals surface area (Å²) in [5.74, 6) is -0.786. The van der Waals surface area contributed by atoms with Gasteiger partial charge in [0.25, 0.3) is 0 Å². The van der Waals surface area contributed by atoms with E-state index in [1.807, 2.05) is 14.1 Å². The molecule has 1 atom stereocenters. The van der Waals surface area contributed by atoms with Crippen LogP contribution in [0.15, 0.2) is 24.5 Å². The molecule has 1 heterocycles. The van der Waals surface area contributed by atoms with E-state index in [1.54, 1.807) is 10.7 Å². The van der Waals surface area contributed by atoms with Crippen molar-refractivity contribution in [1.29, 1.82) is 0 Å². The lowest BCUT2D eigenvalue weighted by Gasteiger charge is -2.15. The fourth-order valence-electron chi connectivity index (χ4n) is 1.95. The molecule has 6 heteroatoms. The molecular formula is C13H16F2N4. The maximum Gasteiger partial charge on any atom is 0.159 e. The van der Waals surface area contributed by atoms with Gasteiger partial charge in [-0.3, -0.25) is 4.68 Å². The second-order valence-corrected chi connectivity index (χ2v) is 4.44. The average molecular weight is 266 g/mol. The van der Waals surface area contributed by atoms with Crippen molar-refractivity contribution in [3.63, 3.8) is 0 Å². The van der Waals surface area contributed by atoms with E-state index < -0.39 is 11.6 Å². The zero-order chi connectivity index (χ0) is 13.8. The number of aromatic nitrogens is 3. The molecule has 0 bridgehead atoms. The standard InChI is InChI=1S/C13H16F2N4/c1-16-10(7-13-17-8-18-19(13)2)5-9-3-4-11(14)12(15)6-9/h3-4,6,8,10,16H,5,7H2,1-2H3. The number of halogens is 2. The van der Waals surface area contributed by atoms with Crippen LogP contribution in [-0.2, 0) is 19.9 Å². The molecule has 0 saturated carbocycles. The van der Waals surface area contributed by atoms with Gasteiger partial charge >= 0.3 is 0 Å². The molecule has 102 valence electrons. The minimum absolute atomic E-state index is 0.0905. The largest absolute Gasteiger partial charge is 0.316 e. The molecule has 4 nitrogen and oxygen atoms in total. The second kappa shape index (κ2) is 5.88. The first-order valence-electron chi connectivity index (χ1n) is 6.04. The molecule has 0 saturated heterocycles. The van der Waals surface area contributed by atoms with Gasteiger partial charge in [0.15, 0.2) is 11.6 Å². The summed E-state index contributed by atoms with van der Waals surface area (Å²) in [5, 5.41) is 7.16. The highest BCUT2D eigenvalue weighted by atomic mass is 19.2. The number of aryl methyl sites for hydroxylation is 1. The molecular weight excluding hydrogens is 250 g/mol. The molecule has 0 fully saturated rings. The second-order valence-electron chi connectivity index (χ2n) is 4.44. The Balaban J connectivity index is 2.06. The van der Waals surface area contributed by atoms with E-state index in [2.05, 4.69) is 15.4 Å². The fraction of sp³-hybridized carbons (Fsp3) is 0.385. The van der Waals surface area contributed by atoms with Gasteiger partial charge < -0.3 is 5.32 Å². The van der Waals surface area contributed by atoms with Crippen LogP contribution in [-0.4, -0.2) is 27.9 Å². The van der Waals surface area contributed by atoms with E-state index in [-0.39, 0.29) is 6.04 Å². The lowest BCUT2D eigenvalue weighted by Crippen LogP contribution is -2.31. The van der Waals surface area contributed by atoms with Crippen molar-refractivity contribution in [3.8, 4) is 0 Å². The van der Waals surface area contributed by atoms with Crippen LogP contribution in [0, 0.1) is 11.6 Å². The Bertz CT molecular complexity index is 553. The lowest BCUT2D eigenvalue weighted by molar-refractivity contribution is 0.499. The molecule has 19 heavy (non-hydrogen) atoms. The number of hydrogen-bond acceptors (Lipinski definition) is 3. The Morgan fingerprint density at radius 3 is 2.63 bits per heavy atom. The SMILES string of the molecule is CNC(Cc1ccc(F)c(F)c1)Cc1ncnn1C. The molecule has 2 rings (SSSR count). The van der Waals surface area contributed by atoms with Crippen molar-refractivity contribution in [1.82, 2.24) is 20.1 Å². The fourth-order valence-corrected chi connectivity index (χ4v) is 1.95. The maximum absolute atomic E-state index is 13.2. The van der Waals surface area contributed by atoms with E-state index >= 15 is 0 Å². The number of nitrogens with one attached hydrogen (secondary N) is 1. The predicted molar refractivity (Wildman–Crippen MR) is 67.6 cm³/mol.